The van der Waals surface area contributed by atoms with Crippen LogP contribution in [0.2, 0.25) is 0 Å². The molecule has 5 heteroatoms. The Morgan fingerprint density at radius 1 is 1.79 bits per heavy atom. The van der Waals surface area contributed by atoms with Gasteiger partial charge in [0.15, 0.2) is 0 Å². The number of hydrogen-bond donors (Lipinski definition) is 2. The molecule has 14 heavy (non-hydrogen) atoms. The summed E-state index contributed by atoms with van der Waals surface area (Å²) in [6.45, 7) is 4.61. The standard InChI is InChI=1S/C9H15ClN2O2/c1-7(4-10)6-12-3-2-11-5-8(12)9(13)14/h4,8,11H,2-3,5-6H2,1H3,(H,13,14). The molecule has 0 saturated carbocycles. The number of carboxylic acids is 1. The van der Waals surface area contributed by atoms with Crippen molar-refractivity contribution in [2.24, 2.45) is 0 Å². The highest BCUT2D eigenvalue weighted by Gasteiger charge is 2.27. The lowest BCUT2D eigenvalue weighted by Crippen LogP contribution is -2.55. The van der Waals surface area contributed by atoms with E-state index in [0.29, 0.717) is 13.1 Å². The van der Waals surface area contributed by atoms with Crippen molar-refractivity contribution < 1.29 is 9.90 Å². The van der Waals surface area contributed by atoms with E-state index >= 15 is 0 Å². The number of aliphatic carboxylic acids is 1. The zero-order chi connectivity index (χ0) is 10.6. The van der Waals surface area contributed by atoms with Gasteiger partial charge in [0.1, 0.15) is 6.04 Å². The summed E-state index contributed by atoms with van der Waals surface area (Å²) in [5.41, 5.74) is 2.49. The van der Waals surface area contributed by atoms with Crippen LogP contribution < -0.4 is 5.32 Å². The topological polar surface area (TPSA) is 52.6 Å². The fourth-order valence-corrected chi connectivity index (χ4v) is 1.60. The van der Waals surface area contributed by atoms with Crippen LogP contribution in [-0.4, -0.2) is 48.2 Å². The number of rotatable bonds is 3. The fourth-order valence-electron chi connectivity index (χ4n) is 1.53. The minimum Gasteiger partial charge on any atom is -0.480 e. The average Bonchev–Trinajstić information content (AvgIpc) is 2.18. The summed E-state index contributed by atoms with van der Waals surface area (Å²) in [5.74, 6) is -0.778. The maximum absolute atomic E-state index is 10.9. The van der Waals surface area contributed by atoms with E-state index in [1.165, 1.54) is 5.54 Å². The molecule has 1 heterocycles. The molecule has 1 rings (SSSR count). The number of nitrogens with zero attached hydrogens (tertiary/aromatic N) is 1. The van der Waals surface area contributed by atoms with E-state index in [2.05, 4.69) is 5.32 Å². The first-order chi connectivity index (χ1) is 6.65. The highest BCUT2D eigenvalue weighted by Crippen LogP contribution is 2.07. The Bertz CT molecular complexity index is 243. The summed E-state index contributed by atoms with van der Waals surface area (Å²) in [6, 6.07) is -0.435. The minimum absolute atomic E-state index is 0.435. The van der Waals surface area contributed by atoms with Gasteiger partial charge in [-0.3, -0.25) is 9.69 Å². The lowest BCUT2D eigenvalue weighted by Gasteiger charge is -2.33. The Morgan fingerprint density at radius 2 is 2.50 bits per heavy atom. The molecule has 0 aliphatic carbocycles. The summed E-state index contributed by atoms with van der Waals surface area (Å²) in [4.78, 5) is 12.8. The summed E-state index contributed by atoms with van der Waals surface area (Å²) < 4.78 is 0. The van der Waals surface area contributed by atoms with Gasteiger partial charge in [-0.2, -0.15) is 0 Å². The van der Waals surface area contributed by atoms with E-state index < -0.39 is 12.0 Å². The van der Waals surface area contributed by atoms with E-state index in [9.17, 15) is 4.79 Å². The van der Waals surface area contributed by atoms with E-state index in [4.69, 9.17) is 16.7 Å². The van der Waals surface area contributed by atoms with Gasteiger partial charge in [0.05, 0.1) is 0 Å². The van der Waals surface area contributed by atoms with Gasteiger partial charge >= 0.3 is 5.97 Å². The Morgan fingerprint density at radius 3 is 3.07 bits per heavy atom. The maximum atomic E-state index is 10.9. The van der Waals surface area contributed by atoms with Crippen LogP contribution in [-0.2, 0) is 4.79 Å². The molecule has 0 aromatic heterocycles. The van der Waals surface area contributed by atoms with Crippen molar-refractivity contribution in [2.45, 2.75) is 13.0 Å². The molecule has 2 N–H and O–H groups in total. The number of nitrogens with one attached hydrogen (secondary N) is 1. The highest BCUT2D eigenvalue weighted by molar-refractivity contribution is 6.25. The first kappa shape index (κ1) is 11.5. The smallest absolute Gasteiger partial charge is 0.322 e. The molecule has 1 aliphatic heterocycles. The summed E-state index contributed by atoms with van der Waals surface area (Å²) in [7, 11) is 0. The average molecular weight is 219 g/mol. The summed E-state index contributed by atoms with van der Waals surface area (Å²) in [5, 5.41) is 12.0. The van der Waals surface area contributed by atoms with Crippen LogP contribution in [0.25, 0.3) is 0 Å². The Hall–Kier alpha value is -0.580. The lowest BCUT2D eigenvalue weighted by atomic mass is 10.1. The predicted octanol–water partition coefficient (Wildman–Crippen LogP) is 0.487. The van der Waals surface area contributed by atoms with Gasteiger partial charge in [0, 0.05) is 31.7 Å². The second-order valence-corrected chi connectivity index (χ2v) is 3.70. The summed E-state index contributed by atoms with van der Waals surface area (Å²) >= 11 is 5.55. The number of carbonyl (C=O) groups is 1. The molecule has 0 spiro atoms. The van der Waals surface area contributed by atoms with Gasteiger partial charge in [0.2, 0.25) is 0 Å². The van der Waals surface area contributed by atoms with E-state index in [0.717, 1.165) is 18.7 Å². The first-order valence-electron chi connectivity index (χ1n) is 4.58. The molecule has 1 unspecified atom stereocenters. The molecule has 1 aliphatic rings. The number of halogens is 1. The molecule has 0 amide bonds. The van der Waals surface area contributed by atoms with E-state index in [1.807, 2.05) is 11.8 Å². The number of carboxylic acid groups (broad SMARTS) is 1. The van der Waals surface area contributed by atoms with Crippen molar-refractivity contribution in [1.82, 2.24) is 10.2 Å². The Kier molecular flexibility index (Phi) is 4.38. The third-order valence-electron chi connectivity index (χ3n) is 2.28. The quantitative estimate of drug-likeness (QED) is 0.724. The van der Waals surface area contributed by atoms with Gasteiger partial charge in [-0.25, -0.2) is 0 Å². The van der Waals surface area contributed by atoms with Gasteiger partial charge < -0.3 is 10.4 Å². The first-order valence-corrected chi connectivity index (χ1v) is 5.02. The molecule has 80 valence electrons. The van der Waals surface area contributed by atoms with Crippen molar-refractivity contribution in [2.75, 3.05) is 26.2 Å². The third-order valence-corrected chi connectivity index (χ3v) is 2.65. The second kappa shape index (κ2) is 5.34. The van der Waals surface area contributed by atoms with Crippen LogP contribution >= 0.6 is 11.6 Å². The molecular weight excluding hydrogens is 204 g/mol. The summed E-state index contributed by atoms with van der Waals surface area (Å²) in [6.07, 6.45) is 0. The van der Waals surface area contributed by atoms with Crippen LogP contribution in [0.1, 0.15) is 6.92 Å². The molecule has 0 radical (unpaired) electrons. The predicted molar refractivity (Wildman–Crippen MR) is 55.5 cm³/mol. The number of piperazine rings is 1. The molecule has 0 aromatic carbocycles. The van der Waals surface area contributed by atoms with Crippen LogP contribution in [0.15, 0.2) is 11.1 Å². The zero-order valence-electron chi connectivity index (χ0n) is 8.16. The van der Waals surface area contributed by atoms with Crippen molar-refractivity contribution in [3.8, 4) is 0 Å². The molecule has 0 bridgehead atoms. The maximum Gasteiger partial charge on any atom is 0.322 e. The van der Waals surface area contributed by atoms with Gasteiger partial charge in [-0.05, 0) is 12.5 Å². The van der Waals surface area contributed by atoms with Crippen molar-refractivity contribution in [1.29, 1.82) is 0 Å². The van der Waals surface area contributed by atoms with E-state index in [1.54, 1.807) is 0 Å². The molecule has 1 fully saturated rings. The van der Waals surface area contributed by atoms with Gasteiger partial charge in [0.25, 0.3) is 0 Å². The highest BCUT2D eigenvalue weighted by atomic mass is 35.5. The molecule has 1 atom stereocenters. The molecule has 1 saturated heterocycles. The van der Waals surface area contributed by atoms with Crippen LogP contribution in [0.5, 0.6) is 0 Å². The van der Waals surface area contributed by atoms with Crippen LogP contribution in [0, 0.1) is 0 Å². The fraction of sp³-hybridized carbons (Fsp3) is 0.667. The van der Waals surface area contributed by atoms with E-state index in [-0.39, 0.29) is 0 Å². The van der Waals surface area contributed by atoms with Crippen molar-refractivity contribution in [3.05, 3.63) is 11.1 Å². The normalized spacial score (nSPS) is 25.0. The molecule has 4 nitrogen and oxygen atoms in total. The molecule has 0 aromatic rings. The van der Waals surface area contributed by atoms with Crippen LogP contribution in [0.4, 0.5) is 0 Å². The molecular formula is C9H15ClN2O2. The van der Waals surface area contributed by atoms with Crippen LogP contribution in [0.3, 0.4) is 0 Å². The Balaban J connectivity index is 2.58. The largest absolute Gasteiger partial charge is 0.480 e. The minimum atomic E-state index is -0.778. The monoisotopic (exact) mass is 218 g/mol. The van der Waals surface area contributed by atoms with Crippen molar-refractivity contribution in [3.63, 3.8) is 0 Å². The number of hydrogen-bond acceptors (Lipinski definition) is 3. The second-order valence-electron chi connectivity index (χ2n) is 3.48. The SMILES string of the molecule is CC(=CCl)CN1CCNCC1C(=O)O. The Labute approximate surface area is 88.5 Å². The lowest BCUT2D eigenvalue weighted by molar-refractivity contribution is -0.143. The third kappa shape index (κ3) is 2.97. The van der Waals surface area contributed by atoms with Gasteiger partial charge in [-0.1, -0.05) is 11.6 Å². The van der Waals surface area contributed by atoms with Crippen molar-refractivity contribution >= 4 is 17.6 Å². The zero-order valence-corrected chi connectivity index (χ0v) is 8.92. The van der Waals surface area contributed by atoms with Gasteiger partial charge in [-0.15, -0.1) is 0 Å².